The molecule has 2 N–H and O–H groups in total. The van der Waals surface area contributed by atoms with E-state index in [1.165, 1.54) is 6.07 Å². The number of H-pyrrole nitrogens is 1. The van der Waals surface area contributed by atoms with Gasteiger partial charge in [-0.3, -0.25) is 9.59 Å². The van der Waals surface area contributed by atoms with Gasteiger partial charge in [0.15, 0.2) is 0 Å². The summed E-state index contributed by atoms with van der Waals surface area (Å²) in [7, 11) is 1.80. The topological polar surface area (TPSA) is 104 Å². The fourth-order valence-electron chi connectivity index (χ4n) is 5.13. The van der Waals surface area contributed by atoms with Crippen LogP contribution in [0.25, 0.3) is 33.5 Å². The molecule has 0 spiro atoms. The lowest BCUT2D eigenvalue weighted by atomic mass is 10.00. The Morgan fingerprint density at radius 3 is 2.65 bits per heavy atom. The SMILES string of the molecule is CCC(=O)N[C@H]1CCC(CN(C)C(=O)c2ccc(-c3cc4c(-c5nnc(C)o5)c[nH]c4cc3F)cc2)C1. The van der Waals surface area contributed by atoms with Crippen molar-refractivity contribution in [1.82, 2.24) is 25.4 Å². The smallest absolute Gasteiger partial charge is 0.253 e. The number of halogens is 1. The molecule has 5 rings (SSSR count). The van der Waals surface area contributed by atoms with Crippen LogP contribution in [0.4, 0.5) is 4.39 Å². The van der Waals surface area contributed by atoms with E-state index in [4.69, 9.17) is 4.42 Å². The summed E-state index contributed by atoms with van der Waals surface area (Å²) in [5.74, 6) is 0.796. The molecule has 1 fully saturated rings. The number of aromatic amines is 1. The van der Waals surface area contributed by atoms with Crippen molar-refractivity contribution in [3.63, 3.8) is 0 Å². The van der Waals surface area contributed by atoms with Gasteiger partial charge in [0.25, 0.3) is 5.91 Å². The average Bonchev–Trinajstić information content (AvgIpc) is 3.63. The van der Waals surface area contributed by atoms with Crippen molar-refractivity contribution in [1.29, 1.82) is 0 Å². The number of nitrogens with zero attached hydrogens (tertiary/aromatic N) is 3. The van der Waals surface area contributed by atoms with Gasteiger partial charge in [-0.2, -0.15) is 0 Å². The van der Waals surface area contributed by atoms with Gasteiger partial charge in [0.2, 0.25) is 17.7 Å². The van der Waals surface area contributed by atoms with Gasteiger partial charge in [0.1, 0.15) is 5.82 Å². The highest BCUT2D eigenvalue weighted by Crippen LogP contribution is 2.34. The highest BCUT2D eigenvalue weighted by atomic mass is 19.1. The molecule has 1 saturated carbocycles. The minimum Gasteiger partial charge on any atom is -0.421 e. The fraction of sp³-hybridized carbons (Fsp3) is 0.357. The molecule has 2 amide bonds. The third-order valence-corrected chi connectivity index (χ3v) is 7.07. The second-order valence-electron chi connectivity index (χ2n) is 9.77. The Bertz CT molecular complexity index is 1440. The number of benzene rings is 2. The van der Waals surface area contributed by atoms with Crippen LogP contribution in [0.1, 0.15) is 48.9 Å². The molecule has 1 aliphatic carbocycles. The molecule has 4 aromatic rings. The first-order valence-corrected chi connectivity index (χ1v) is 12.6. The third-order valence-electron chi connectivity index (χ3n) is 7.07. The normalized spacial score (nSPS) is 17.3. The molecule has 2 aromatic heterocycles. The number of fused-ring (bicyclic) bond motifs is 1. The molecular weight excluding hydrogens is 473 g/mol. The van der Waals surface area contributed by atoms with Crippen LogP contribution >= 0.6 is 0 Å². The van der Waals surface area contributed by atoms with Crippen molar-refractivity contribution in [2.75, 3.05) is 13.6 Å². The molecule has 0 aliphatic heterocycles. The maximum Gasteiger partial charge on any atom is 0.253 e. The van der Waals surface area contributed by atoms with E-state index in [1.807, 2.05) is 6.92 Å². The van der Waals surface area contributed by atoms with E-state index in [1.54, 1.807) is 55.4 Å². The Morgan fingerprint density at radius 2 is 1.95 bits per heavy atom. The lowest BCUT2D eigenvalue weighted by Gasteiger charge is -2.22. The summed E-state index contributed by atoms with van der Waals surface area (Å²) in [5.41, 5.74) is 2.96. The highest BCUT2D eigenvalue weighted by Gasteiger charge is 2.27. The Balaban J connectivity index is 1.30. The van der Waals surface area contributed by atoms with Gasteiger partial charge in [-0.15, -0.1) is 10.2 Å². The molecule has 192 valence electrons. The molecule has 1 aliphatic rings. The van der Waals surface area contributed by atoms with Crippen molar-refractivity contribution in [2.24, 2.45) is 5.92 Å². The zero-order chi connectivity index (χ0) is 26.1. The summed E-state index contributed by atoms with van der Waals surface area (Å²) in [6.45, 7) is 4.20. The van der Waals surface area contributed by atoms with Gasteiger partial charge in [-0.05, 0) is 55.0 Å². The van der Waals surface area contributed by atoms with Crippen LogP contribution in [0.15, 0.2) is 47.0 Å². The second kappa shape index (κ2) is 10.2. The molecule has 0 radical (unpaired) electrons. The van der Waals surface area contributed by atoms with Crippen molar-refractivity contribution >= 4 is 22.7 Å². The van der Waals surface area contributed by atoms with Crippen molar-refractivity contribution in [3.8, 4) is 22.6 Å². The van der Waals surface area contributed by atoms with Gasteiger partial charge in [-0.25, -0.2) is 4.39 Å². The third kappa shape index (κ3) is 5.12. The number of aryl methyl sites for hydroxylation is 1. The van der Waals surface area contributed by atoms with Crippen LogP contribution in [-0.2, 0) is 4.79 Å². The van der Waals surface area contributed by atoms with Crippen molar-refractivity contribution in [2.45, 2.75) is 45.6 Å². The molecule has 37 heavy (non-hydrogen) atoms. The number of hydrogen-bond acceptors (Lipinski definition) is 5. The van der Waals surface area contributed by atoms with E-state index < -0.39 is 0 Å². The predicted octanol–water partition coefficient (Wildman–Crippen LogP) is 5.10. The molecule has 9 heteroatoms. The summed E-state index contributed by atoms with van der Waals surface area (Å²) in [5, 5.41) is 11.8. The molecule has 2 heterocycles. The van der Waals surface area contributed by atoms with E-state index in [0.29, 0.717) is 58.4 Å². The predicted molar refractivity (Wildman–Crippen MR) is 138 cm³/mol. The van der Waals surface area contributed by atoms with Gasteiger partial charge in [-0.1, -0.05) is 19.1 Å². The first kappa shape index (κ1) is 24.7. The number of aromatic nitrogens is 3. The lowest BCUT2D eigenvalue weighted by molar-refractivity contribution is -0.121. The molecule has 1 unspecified atom stereocenters. The number of hydrogen-bond donors (Lipinski definition) is 2. The summed E-state index contributed by atoms with van der Waals surface area (Å²) in [4.78, 5) is 29.5. The Labute approximate surface area is 214 Å². The van der Waals surface area contributed by atoms with Gasteiger partial charge in [0, 0.05) is 61.2 Å². The monoisotopic (exact) mass is 503 g/mol. The van der Waals surface area contributed by atoms with E-state index in [0.717, 1.165) is 24.6 Å². The number of nitrogens with one attached hydrogen (secondary N) is 2. The zero-order valence-corrected chi connectivity index (χ0v) is 21.2. The highest BCUT2D eigenvalue weighted by molar-refractivity contribution is 5.97. The van der Waals surface area contributed by atoms with E-state index in [2.05, 4.69) is 20.5 Å². The molecule has 0 bridgehead atoms. The summed E-state index contributed by atoms with van der Waals surface area (Å²) in [6, 6.07) is 10.4. The Morgan fingerprint density at radius 1 is 1.16 bits per heavy atom. The van der Waals surface area contributed by atoms with Crippen LogP contribution < -0.4 is 5.32 Å². The first-order chi connectivity index (χ1) is 17.8. The quantitative estimate of drug-likeness (QED) is 0.365. The second-order valence-corrected chi connectivity index (χ2v) is 9.77. The van der Waals surface area contributed by atoms with Gasteiger partial charge in [0.05, 0.1) is 5.56 Å². The van der Waals surface area contributed by atoms with Crippen LogP contribution in [0, 0.1) is 18.7 Å². The molecule has 2 atom stereocenters. The minimum atomic E-state index is -0.371. The average molecular weight is 504 g/mol. The summed E-state index contributed by atoms with van der Waals surface area (Å²) >= 11 is 0. The molecule has 0 saturated heterocycles. The standard InChI is InChI=1S/C28H30FN5O3/c1-4-26(35)31-20-10-5-17(11-20)15-34(3)28(36)19-8-6-18(7-9-19)21-12-22-23(27-33-32-16(2)37-27)14-30-25(22)13-24(21)29/h6-9,12-14,17,20,30H,4-5,10-11,15H2,1-3H3,(H,31,35)/t17?,20-/m0/s1. The van der Waals surface area contributed by atoms with E-state index in [-0.39, 0.29) is 23.7 Å². The molecular formula is C28H30FN5O3. The van der Waals surface area contributed by atoms with E-state index in [9.17, 15) is 14.0 Å². The van der Waals surface area contributed by atoms with Crippen LogP contribution in [-0.4, -0.2) is 51.5 Å². The lowest BCUT2D eigenvalue weighted by Crippen LogP contribution is -2.34. The van der Waals surface area contributed by atoms with Crippen LogP contribution in [0.5, 0.6) is 0 Å². The van der Waals surface area contributed by atoms with Crippen molar-refractivity contribution in [3.05, 3.63) is 59.9 Å². The number of carbonyl (C=O) groups excluding carboxylic acids is 2. The van der Waals surface area contributed by atoms with Gasteiger partial charge < -0.3 is 19.6 Å². The summed E-state index contributed by atoms with van der Waals surface area (Å²) < 4.78 is 20.6. The van der Waals surface area contributed by atoms with Crippen LogP contribution in [0.2, 0.25) is 0 Å². The summed E-state index contributed by atoms with van der Waals surface area (Å²) in [6.07, 6.45) is 5.02. The zero-order valence-electron chi connectivity index (χ0n) is 21.2. The Hall–Kier alpha value is -4.01. The maximum absolute atomic E-state index is 15.0. The minimum absolute atomic E-state index is 0.0724. The molecule has 2 aromatic carbocycles. The molecule has 8 nitrogen and oxygen atoms in total. The maximum atomic E-state index is 15.0. The van der Waals surface area contributed by atoms with E-state index >= 15 is 0 Å². The van der Waals surface area contributed by atoms with Crippen molar-refractivity contribution < 1.29 is 18.4 Å². The largest absolute Gasteiger partial charge is 0.421 e. The Kier molecular flexibility index (Phi) is 6.78. The number of carbonyl (C=O) groups is 2. The fourth-order valence-corrected chi connectivity index (χ4v) is 5.13. The van der Waals surface area contributed by atoms with Crippen LogP contribution in [0.3, 0.4) is 0 Å². The number of amides is 2. The number of rotatable bonds is 7. The first-order valence-electron chi connectivity index (χ1n) is 12.6. The van der Waals surface area contributed by atoms with Gasteiger partial charge >= 0.3 is 0 Å².